The van der Waals surface area contributed by atoms with Crippen molar-refractivity contribution in [2.75, 3.05) is 0 Å². The molecular formula is C17H16O2. The molecule has 2 aromatic carbocycles. The van der Waals surface area contributed by atoms with Gasteiger partial charge in [-0.2, -0.15) is 0 Å². The van der Waals surface area contributed by atoms with Crippen molar-refractivity contribution in [3.8, 4) is 5.75 Å². The fourth-order valence-corrected chi connectivity index (χ4v) is 2.56. The molecule has 0 saturated carbocycles. The van der Waals surface area contributed by atoms with E-state index in [1.54, 1.807) is 0 Å². The summed E-state index contributed by atoms with van der Waals surface area (Å²) < 4.78 is 5.43. The summed E-state index contributed by atoms with van der Waals surface area (Å²) in [7, 11) is 0. The fourth-order valence-electron chi connectivity index (χ4n) is 2.56. The number of hydrogen-bond acceptors (Lipinski definition) is 2. The Kier molecular flexibility index (Phi) is 3.08. The van der Waals surface area contributed by atoms with Crippen LogP contribution < -0.4 is 4.74 Å². The van der Waals surface area contributed by atoms with Crippen LogP contribution in [0.25, 0.3) is 0 Å². The summed E-state index contributed by atoms with van der Waals surface area (Å²) in [5.41, 5.74) is 3.52. The summed E-state index contributed by atoms with van der Waals surface area (Å²) in [6.07, 6.45) is 1.51. The van der Waals surface area contributed by atoms with E-state index in [1.165, 1.54) is 11.1 Å². The minimum absolute atomic E-state index is 0.0725. The lowest BCUT2D eigenvalue weighted by Gasteiger charge is -2.23. The summed E-state index contributed by atoms with van der Waals surface area (Å²) in [6.45, 7) is 2.06. The maximum Gasteiger partial charge on any atom is 0.315 e. The molecule has 1 atom stereocenters. The molecule has 1 heterocycles. The molecule has 2 nitrogen and oxygen atoms in total. The monoisotopic (exact) mass is 252 g/mol. The van der Waals surface area contributed by atoms with Gasteiger partial charge in [0, 0.05) is 0 Å². The molecule has 1 aliphatic heterocycles. The van der Waals surface area contributed by atoms with Crippen LogP contribution in [-0.2, 0) is 17.6 Å². The quantitative estimate of drug-likeness (QED) is 0.605. The number of aryl methyl sites for hydroxylation is 1. The molecule has 0 bridgehead atoms. The summed E-state index contributed by atoms with van der Waals surface area (Å²) in [5, 5.41) is 0. The van der Waals surface area contributed by atoms with E-state index in [0.29, 0.717) is 0 Å². The summed E-state index contributed by atoms with van der Waals surface area (Å²) in [4.78, 5) is 12.0. The lowest BCUT2D eigenvalue weighted by Crippen LogP contribution is -2.29. The van der Waals surface area contributed by atoms with Gasteiger partial charge < -0.3 is 4.74 Å². The number of carbonyl (C=O) groups excluding carboxylic acids is 1. The van der Waals surface area contributed by atoms with Crippen molar-refractivity contribution < 1.29 is 9.53 Å². The van der Waals surface area contributed by atoms with Gasteiger partial charge in [0.2, 0.25) is 0 Å². The van der Waals surface area contributed by atoms with Gasteiger partial charge in [0.25, 0.3) is 0 Å². The Morgan fingerprint density at radius 1 is 1.16 bits per heavy atom. The topological polar surface area (TPSA) is 26.3 Å². The third-order valence-corrected chi connectivity index (χ3v) is 3.55. The molecule has 1 aliphatic rings. The first-order valence-electron chi connectivity index (χ1n) is 6.57. The third-order valence-electron chi connectivity index (χ3n) is 3.55. The lowest BCUT2D eigenvalue weighted by molar-refractivity contribution is -0.140. The Hall–Kier alpha value is -2.09. The number of ether oxygens (including phenoxy) is 1. The average molecular weight is 252 g/mol. The van der Waals surface area contributed by atoms with Crippen LogP contribution in [0.3, 0.4) is 0 Å². The molecule has 2 aromatic rings. The van der Waals surface area contributed by atoms with Crippen LogP contribution in [-0.4, -0.2) is 5.97 Å². The summed E-state index contributed by atoms with van der Waals surface area (Å²) in [5.74, 6) is 0.539. The van der Waals surface area contributed by atoms with E-state index in [1.807, 2.05) is 30.3 Å². The van der Waals surface area contributed by atoms with Crippen LogP contribution in [0.5, 0.6) is 5.75 Å². The van der Waals surface area contributed by atoms with Crippen molar-refractivity contribution in [1.29, 1.82) is 0 Å². The molecular weight excluding hydrogens is 236 g/mol. The van der Waals surface area contributed by atoms with Crippen LogP contribution in [0.4, 0.5) is 0 Å². The van der Waals surface area contributed by atoms with Crippen molar-refractivity contribution in [2.45, 2.75) is 19.8 Å². The first-order chi connectivity index (χ1) is 9.22. The van der Waals surface area contributed by atoms with Crippen LogP contribution in [0.2, 0.25) is 0 Å². The van der Waals surface area contributed by atoms with Crippen LogP contribution in [0, 0.1) is 12.8 Å². The van der Waals surface area contributed by atoms with Gasteiger partial charge in [-0.25, -0.2) is 0 Å². The predicted molar refractivity (Wildman–Crippen MR) is 74.2 cm³/mol. The highest BCUT2D eigenvalue weighted by molar-refractivity contribution is 5.78. The molecule has 0 N–H and O–H groups in total. The number of hydrogen-bond donors (Lipinski definition) is 0. The van der Waals surface area contributed by atoms with E-state index in [9.17, 15) is 4.79 Å². The Bertz CT molecular complexity index is 602. The van der Waals surface area contributed by atoms with Crippen LogP contribution in [0.15, 0.2) is 48.5 Å². The zero-order valence-electron chi connectivity index (χ0n) is 10.9. The zero-order valence-corrected chi connectivity index (χ0v) is 10.9. The first kappa shape index (κ1) is 12.0. The molecule has 3 rings (SSSR count). The van der Waals surface area contributed by atoms with Crippen molar-refractivity contribution in [3.05, 3.63) is 65.2 Å². The SMILES string of the molecule is Cc1ccc2c(c1)CC(Cc1ccccc1)C(=O)O2. The zero-order chi connectivity index (χ0) is 13.2. The van der Waals surface area contributed by atoms with Crippen LogP contribution in [0.1, 0.15) is 16.7 Å². The van der Waals surface area contributed by atoms with Crippen molar-refractivity contribution in [2.24, 2.45) is 5.92 Å². The molecule has 0 saturated heterocycles. The first-order valence-corrected chi connectivity index (χ1v) is 6.57. The van der Waals surface area contributed by atoms with E-state index in [4.69, 9.17) is 4.74 Å². The van der Waals surface area contributed by atoms with Crippen molar-refractivity contribution >= 4 is 5.97 Å². The molecule has 0 aliphatic carbocycles. The summed E-state index contributed by atoms with van der Waals surface area (Å²) in [6, 6.07) is 16.1. The average Bonchev–Trinajstić information content (AvgIpc) is 2.41. The lowest BCUT2D eigenvalue weighted by atomic mass is 9.90. The fraction of sp³-hybridized carbons (Fsp3) is 0.235. The standard InChI is InChI=1S/C17H16O2/c1-12-7-8-16-14(9-12)11-15(17(18)19-16)10-13-5-3-2-4-6-13/h2-9,15H,10-11H2,1H3. The van der Waals surface area contributed by atoms with E-state index in [0.717, 1.165) is 24.2 Å². The van der Waals surface area contributed by atoms with Gasteiger partial charge in [-0.1, -0.05) is 48.0 Å². The molecule has 2 heteroatoms. The van der Waals surface area contributed by atoms with Gasteiger partial charge in [0.05, 0.1) is 5.92 Å². The second kappa shape index (κ2) is 4.88. The van der Waals surface area contributed by atoms with Gasteiger partial charge in [-0.05, 0) is 37.0 Å². The Balaban J connectivity index is 1.83. The second-order valence-electron chi connectivity index (χ2n) is 5.12. The molecule has 0 amide bonds. The van der Waals surface area contributed by atoms with Gasteiger partial charge in [0.1, 0.15) is 5.75 Å². The van der Waals surface area contributed by atoms with Crippen molar-refractivity contribution in [3.63, 3.8) is 0 Å². The Labute approximate surface area is 113 Å². The van der Waals surface area contributed by atoms with Crippen LogP contribution >= 0.6 is 0 Å². The highest BCUT2D eigenvalue weighted by Gasteiger charge is 2.28. The smallest absolute Gasteiger partial charge is 0.315 e. The number of carbonyl (C=O) groups is 1. The third kappa shape index (κ3) is 2.53. The highest BCUT2D eigenvalue weighted by Crippen LogP contribution is 2.30. The molecule has 96 valence electrons. The number of fused-ring (bicyclic) bond motifs is 1. The molecule has 0 fully saturated rings. The minimum Gasteiger partial charge on any atom is -0.426 e. The van der Waals surface area contributed by atoms with E-state index in [-0.39, 0.29) is 11.9 Å². The number of rotatable bonds is 2. The van der Waals surface area contributed by atoms with E-state index in [2.05, 4.69) is 25.1 Å². The van der Waals surface area contributed by atoms with E-state index >= 15 is 0 Å². The normalized spacial score (nSPS) is 17.7. The molecule has 1 unspecified atom stereocenters. The molecule has 0 radical (unpaired) electrons. The minimum atomic E-state index is -0.111. The molecule has 19 heavy (non-hydrogen) atoms. The number of benzene rings is 2. The predicted octanol–water partition coefficient (Wildman–Crippen LogP) is 3.32. The van der Waals surface area contributed by atoms with Gasteiger partial charge in [0.15, 0.2) is 0 Å². The second-order valence-corrected chi connectivity index (χ2v) is 5.12. The van der Waals surface area contributed by atoms with E-state index < -0.39 is 0 Å². The Morgan fingerprint density at radius 2 is 1.95 bits per heavy atom. The van der Waals surface area contributed by atoms with Gasteiger partial charge in [-0.3, -0.25) is 4.79 Å². The van der Waals surface area contributed by atoms with Crippen molar-refractivity contribution in [1.82, 2.24) is 0 Å². The summed E-state index contributed by atoms with van der Waals surface area (Å²) >= 11 is 0. The highest BCUT2D eigenvalue weighted by atomic mass is 16.5. The molecule has 0 spiro atoms. The van der Waals surface area contributed by atoms with Gasteiger partial charge >= 0.3 is 5.97 Å². The largest absolute Gasteiger partial charge is 0.426 e. The Morgan fingerprint density at radius 3 is 2.74 bits per heavy atom. The maximum absolute atomic E-state index is 12.0. The van der Waals surface area contributed by atoms with Gasteiger partial charge in [-0.15, -0.1) is 0 Å². The maximum atomic E-state index is 12.0. The molecule has 0 aromatic heterocycles. The number of esters is 1.